The molecule has 0 aromatic heterocycles. The van der Waals surface area contributed by atoms with Gasteiger partial charge in [-0.3, -0.25) is 0 Å². The predicted molar refractivity (Wildman–Crippen MR) is 74.2 cm³/mol. The molecule has 3 N–H and O–H groups in total. The van der Waals surface area contributed by atoms with Gasteiger partial charge in [0.2, 0.25) is 0 Å². The summed E-state index contributed by atoms with van der Waals surface area (Å²) >= 11 is 0. The summed E-state index contributed by atoms with van der Waals surface area (Å²) in [5, 5.41) is 14.1. The van der Waals surface area contributed by atoms with Crippen LogP contribution >= 0.6 is 0 Å². The van der Waals surface area contributed by atoms with E-state index in [4.69, 9.17) is 5.11 Å². The van der Waals surface area contributed by atoms with Gasteiger partial charge in [0.1, 0.15) is 6.04 Å². The molecule has 3 atom stereocenters. The Morgan fingerprint density at radius 1 is 1.40 bits per heavy atom. The monoisotopic (exact) mass is 306 g/mol. The molecule has 0 aromatic rings. The number of amides is 2. The molecule has 0 aromatic carbocycles. The van der Waals surface area contributed by atoms with Gasteiger partial charge in [0.05, 0.1) is 17.0 Å². The van der Waals surface area contributed by atoms with E-state index in [2.05, 4.69) is 10.6 Å². The number of hydrogen-bond acceptors (Lipinski definition) is 4. The average Bonchev–Trinajstić information content (AvgIpc) is 2.58. The van der Waals surface area contributed by atoms with E-state index in [0.717, 1.165) is 0 Å². The lowest BCUT2D eigenvalue weighted by molar-refractivity contribution is -0.140. The molecule has 2 amide bonds. The molecule has 0 radical (unpaired) electrons. The maximum atomic E-state index is 11.9. The molecule has 0 spiro atoms. The van der Waals surface area contributed by atoms with Crippen molar-refractivity contribution >= 4 is 21.8 Å². The van der Waals surface area contributed by atoms with Crippen LogP contribution in [0.3, 0.4) is 0 Å². The van der Waals surface area contributed by atoms with Crippen molar-refractivity contribution in [2.24, 2.45) is 5.92 Å². The third-order valence-corrected chi connectivity index (χ3v) is 5.59. The van der Waals surface area contributed by atoms with Crippen LogP contribution in [-0.2, 0) is 14.6 Å². The number of nitrogens with one attached hydrogen (secondary N) is 2. The van der Waals surface area contributed by atoms with E-state index in [1.54, 1.807) is 13.8 Å². The van der Waals surface area contributed by atoms with E-state index >= 15 is 0 Å². The minimum Gasteiger partial charge on any atom is -0.480 e. The van der Waals surface area contributed by atoms with Crippen LogP contribution in [0, 0.1) is 5.92 Å². The van der Waals surface area contributed by atoms with E-state index in [1.807, 2.05) is 6.92 Å². The highest BCUT2D eigenvalue weighted by Gasteiger charge is 2.40. The summed E-state index contributed by atoms with van der Waals surface area (Å²) < 4.78 is 22.9. The van der Waals surface area contributed by atoms with Crippen LogP contribution in [0.2, 0.25) is 0 Å². The maximum absolute atomic E-state index is 11.9. The zero-order chi connectivity index (χ0) is 15.6. The normalized spacial score (nSPS) is 27.6. The predicted octanol–water partition coefficient (Wildman–Crippen LogP) is 0.362. The van der Waals surface area contributed by atoms with Gasteiger partial charge >= 0.3 is 12.0 Å². The molecular weight excluding hydrogens is 284 g/mol. The highest BCUT2D eigenvalue weighted by Crippen LogP contribution is 2.22. The summed E-state index contributed by atoms with van der Waals surface area (Å²) in [5.41, 5.74) is -0.832. The second-order valence-electron chi connectivity index (χ2n) is 5.70. The van der Waals surface area contributed by atoms with E-state index in [1.165, 1.54) is 0 Å². The minimum atomic E-state index is -3.12. The average molecular weight is 306 g/mol. The van der Waals surface area contributed by atoms with Crippen molar-refractivity contribution in [1.82, 2.24) is 10.6 Å². The number of carbonyl (C=O) groups excluding carboxylic acids is 1. The molecule has 20 heavy (non-hydrogen) atoms. The number of urea groups is 1. The van der Waals surface area contributed by atoms with Crippen LogP contribution in [0.4, 0.5) is 4.79 Å². The van der Waals surface area contributed by atoms with E-state index in [-0.39, 0.29) is 17.4 Å². The fourth-order valence-electron chi connectivity index (χ4n) is 2.24. The molecule has 1 aliphatic heterocycles. The second-order valence-corrected chi connectivity index (χ2v) is 7.89. The van der Waals surface area contributed by atoms with Crippen LogP contribution < -0.4 is 10.6 Å². The first-order chi connectivity index (χ1) is 9.08. The number of sulfone groups is 1. The van der Waals surface area contributed by atoms with Crippen LogP contribution in [0.15, 0.2) is 0 Å². The van der Waals surface area contributed by atoms with Crippen LogP contribution in [0.25, 0.3) is 0 Å². The van der Waals surface area contributed by atoms with Gasteiger partial charge in [-0.1, -0.05) is 20.3 Å². The van der Waals surface area contributed by atoms with Crippen molar-refractivity contribution in [3.63, 3.8) is 0 Å². The molecule has 0 saturated carbocycles. The molecule has 1 fully saturated rings. The second kappa shape index (κ2) is 5.99. The first-order valence-electron chi connectivity index (χ1n) is 6.60. The van der Waals surface area contributed by atoms with Gasteiger partial charge in [-0.25, -0.2) is 18.0 Å². The number of carboxylic acids is 1. The summed E-state index contributed by atoms with van der Waals surface area (Å²) in [4.78, 5) is 23.0. The molecule has 1 saturated heterocycles. The molecule has 0 bridgehead atoms. The van der Waals surface area contributed by atoms with Crippen molar-refractivity contribution < 1.29 is 23.1 Å². The summed E-state index contributed by atoms with van der Waals surface area (Å²) in [6, 6.07) is -1.63. The summed E-state index contributed by atoms with van der Waals surface area (Å²) in [6.07, 6.45) is 0.951. The SMILES string of the molecule is CCC(C)[C@H](NC(=O)NC1(C)CCS(=O)(=O)C1)C(=O)O. The number of hydrogen-bond donors (Lipinski definition) is 3. The Labute approximate surface area is 119 Å². The quantitative estimate of drug-likeness (QED) is 0.679. The Hall–Kier alpha value is -1.31. The standard InChI is InChI=1S/C12H22N2O5S/c1-4-8(2)9(10(15)16)13-11(17)14-12(3)5-6-20(18,19)7-12/h8-9H,4-7H2,1-3H3,(H,15,16)(H2,13,14,17)/t8?,9-,12?/m0/s1. The molecule has 0 aliphatic carbocycles. The van der Waals surface area contributed by atoms with Gasteiger partial charge in [0.15, 0.2) is 9.84 Å². The first-order valence-corrected chi connectivity index (χ1v) is 8.42. The number of carbonyl (C=O) groups is 2. The number of rotatable bonds is 5. The molecule has 1 heterocycles. The number of aliphatic carboxylic acids is 1. The molecule has 116 valence electrons. The Morgan fingerprint density at radius 3 is 2.40 bits per heavy atom. The number of carboxylic acid groups (broad SMARTS) is 1. The third kappa shape index (κ3) is 4.36. The van der Waals surface area contributed by atoms with Crippen molar-refractivity contribution in [2.45, 2.75) is 45.2 Å². The summed E-state index contributed by atoms with van der Waals surface area (Å²) in [7, 11) is -3.12. The Balaban J connectivity index is 2.65. The molecular formula is C12H22N2O5S. The highest BCUT2D eigenvalue weighted by molar-refractivity contribution is 7.91. The molecule has 1 rings (SSSR count). The fourth-order valence-corrected chi connectivity index (χ4v) is 4.34. The maximum Gasteiger partial charge on any atom is 0.326 e. The van der Waals surface area contributed by atoms with Crippen LogP contribution in [-0.4, -0.2) is 48.6 Å². The van der Waals surface area contributed by atoms with Crippen LogP contribution in [0.5, 0.6) is 0 Å². The summed E-state index contributed by atoms with van der Waals surface area (Å²) in [6.45, 7) is 5.22. The Morgan fingerprint density at radius 2 is 2.00 bits per heavy atom. The lowest BCUT2D eigenvalue weighted by Crippen LogP contribution is -2.55. The van der Waals surface area contributed by atoms with Crippen molar-refractivity contribution in [3.05, 3.63) is 0 Å². The van der Waals surface area contributed by atoms with Gasteiger partial charge in [0, 0.05) is 0 Å². The van der Waals surface area contributed by atoms with Gasteiger partial charge in [-0.15, -0.1) is 0 Å². The van der Waals surface area contributed by atoms with E-state index in [0.29, 0.717) is 12.8 Å². The fraction of sp³-hybridized carbons (Fsp3) is 0.833. The minimum absolute atomic E-state index is 0.0392. The smallest absolute Gasteiger partial charge is 0.326 e. The van der Waals surface area contributed by atoms with Crippen molar-refractivity contribution in [3.8, 4) is 0 Å². The largest absolute Gasteiger partial charge is 0.480 e. The molecule has 2 unspecified atom stereocenters. The first kappa shape index (κ1) is 16.7. The van der Waals surface area contributed by atoms with Crippen molar-refractivity contribution in [1.29, 1.82) is 0 Å². The molecule has 8 heteroatoms. The van der Waals surface area contributed by atoms with Crippen molar-refractivity contribution in [2.75, 3.05) is 11.5 Å². The zero-order valence-corrected chi connectivity index (χ0v) is 12.8. The third-order valence-electron chi connectivity index (χ3n) is 3.68. The molecule has 1 aliphatic rings. The highest BCUT2D eigenvalue weighted by atomic mass is 32.2. The zero-order valence-electron chi connectivity index (χ0n) is 12.0. The Kier molecular flexibility index (Phi) is 5.01. The molecule has 7 nitrogen and oxygen atoms in total. The van der Waals surface area contributed by atoms with Gasteiger partial charge < -0.3 is 15.7 Å². The topological polar surface area (TPSA) is 113 Å². The van der Waals surface area contributed by atoms with E-state index in [9.17, 15) is 18.0 Å². The van der Waals surface area contributed by atoms with Gasteiger partial charge in [-0.05, 0) is 19.3 Å². The summed E-state index contributed by atoms with van der Waals surface area (Å²) in [5.74, 6) is -1.39. The lowest BCUT2D eigenvalue weighted by atomic mass is 9.99. The van der Waals surface area contributed by atoms with Gasteiger partial charge in [0.25, 0.3) is 0 Å². The van der Waals surface area contributed by atoms with E-state index < -0.39 is 33.4 Å². The Bertz CT molecular complexity index is 490. The van der Waals surface area contributed by atoms with Gasteiger partial charge in [-0.2, -0.15) is 0 Å². The van der Waals surface area contributed by atoms with Crippen LogP contribution in [0.1, 0.15) is 33.6 Å². The lowest BCUT2D eigenvalue weighted by Gasteiger charge is -2.27.